The molecular formula is C20H23ClN2O5S2. The number of esters is 1. The van der Waals surface area contributed by atoms with Gasteiger partial charge in [0.2, 0.25) is 5.91 Å². The zero-order chi connectivity index (χ0) is 22.1. The van der Waals surface area contributed by atoms with Gasteiger partial charge in [0, 0.05) is 18.7 Å². The molecule has 1 aromatic carbocycles. The highest BCUT2D eigenvalue weighted by molar-refractivity contribution is 7.91. The summed E-state index contributed by atoms with van der Waals surface area (Å²) in [4.78, 5) is 30.3. The maximum Gasteiger partial charge on any atom is 0.306 e. The fraction of sp³-hybridized carbons (Fsp3) is 0.450. The molecule has 0 radical (unpaired) electrons. The number of nitrogens with zero attached hydrogens (tertiary/aromatic N) is 2. The highest BCUT2D eigenvalue weighted by Crippen LogP contribution is 2.37. The molecule has 162 valence electrons. The summed E-state index contributed by atoms with van der Waals surface area (Å²) < 4.78 is 28.3. The van der Waals surface area contributed by atoms with Crippen molar-refractivity contribution in [2.45, 2.75) is 40.2 Å². The Labute approximate surface area is 184 Å². The molecule has 1 aliphatic heterocycles. The lowest BCUT2D eigenvalue weighted by molar-refractivity contribution is -0.146. The van der Waals surface area contributed by atoms with Crippen LogP contribution in [0, 0.1) is 19.8 Å². The molecule has 0 N–H and O–H groups in total. The summed E-state index contributed by atoms with van der Waals surface area (Å²) >= 11 is 7.66. The van der Waals surface area contributed by atoms with Crippen molar-refractivity contribution >= 4 is 55.5 Å². The summed E-state index contributed by atoms with van der Waals surface area (Å²) in [5.74, 6) is -0.708. The van der Waals surface area contributed by atoms with Crippen molar-refractivity contribution in [3.8, 4) is 0 Å². The number of carbonyl (C=O) groups is 2. The Balaban J connectivity index is 1.68. The molecule has 0 spiro atoms. The molecule has 1 fully saturated rings. The lowest BCUT2D eigenvalue weighted by atomic mass is 10.1. The van der Waals surface area contributed by atoms with E-state index in [4.69, 9.17) is 16.3 Å². The first kappa shape index (κ1) is 22.7. The van der Waals surface area contributed by atoms with Crippen LogP contribution < -0.4 is 4.90 Å². The smallest absolute Gasteiger partial charge is 0.306 e. The second kappa shape index (κ2) is 9.03. The number of hydrogen-bond acceptors (Lipinski definition) is 7. The van der Waals surface area contributed by atoms with Crippen LogP contribution in [0.5, 0.6) is 0 Å². The zero-order valence-electron chi connectivity index (χ0n) is 17.0. The summed E-state index contributed by atoms with van der Waals surface area (Å²) in [6, 6.07) is 3.73. The molecule has 1 atom stereocenters. The van der Waals surface area contributed by atoms with Gasteiger partial charge < -0.3 is 4.74 Å². The summed E-state index contributed by atoms with van der Waals surface area (Å²) in [6.07, 6.45) is 0.566. The van der Waals surface area contributed by atoms with Gasteiger partial charge in [-0.05, 0) is 43.4 Å². The van der Waals surface area contributed by atoms with Crippen LogP contribution in [0.4, 0.5) is 10.8 Å². The Bertz CT molecular complexity index is 1060. The van der Waals surface area contributed by atoms with Crippen molar-refractivity contribution in [3.63, 3.8) is 0 Å². The SMILES string of the molecule is CC(=O)N(c1nc(COC(=O)C[C@@H]2CCS(=O)(=O)C2)cs1)c1c(C)cc(C)cc1Cl. The third-order valence-corrected chi connectivity index (χ3v) is 7.83. The minimum Gasteiger partial charge on any atom is -0.459 e. The average Bonchev–Trinajstić information content (AvgIpc) is 3.21. The van der Waals surface area contributed by atoms with E-state index < -0.39 is 15.8 Å². The Morgan fingerprint density at radius 3 is 2.67 bits per heavy atom. The van der Waals surface area contributed by atoms with Gasteiger partial charge in [-0.25, -0.2) is 13.4 Å². The van der Waals surface area contributed by atoms with Crippen LogP contribution in [0.2, 0.25) is 5.02 Å². The van der Waals surface area contributed by atoms with Gasteiger partial charge in [-0.3, -0.25) is 14.5 Å². The number of ether oxygens (including phenoxy) is 1. The molecule has 2 heterocycles. The molecule has 10 heteroatoms. The molecular weight excluding hydrogens is 448 g/mol. The van der Waals surface area contributed by atoms with E-state index in [2.05, 4.69) is 4.98 Å². The highest BCUT2D eigenvalue weighted by Gasteiger charge is 2.30. The highest BCUT2D eigenvalue weighted by atomic mass is 35.5. The predicted octanol–water partition coefficient (Wildman–Crippen LogP) is 3.97. The number of aromatic nitrogens is 1. The van der Waals surface area contributed by atoms with Gasteiger partial charge in [-0.1, -0.05) is 17.7 Å². The molecule has 30 heavy (non-hydrogen) atoms. The van der Waals surface area contributed by atoms with Crippen molar-refractivity contribution < 1.29 is 22.7 Å². The van der Waals surface area contributed by atoms with E-state index in [0.717, 1.165) is 11.1 Å². The zero-order valence-corrected chi connectivity index (χ0v) is 19.4. The molecule has 0 unspecified atom stereocenters. The van der Waals surface area contributed by atoms with E-state index in [1.54, 1.807) is 11.4 Å². The quantitative estimate of drug-likeness (QED) is 0.593. The van der Waals surface area contributed by atoms with Gasteiger partial charge in [-0.2, -0.15) is 0 Å². The van der Waals surface area contributed by atoms with Gasteiger partial charge >= 0.3 is 5.97 Å². The number of benzene rings is 1. The summed E-state index contributed by atoms with van der Waals surface area (Å²) in [5, 5.41) is 2.61. The first-order chi connectivity index (χ1) is 14.1. The molecule has 0 bridgehead atoms. The van der Waals surface area contributed by atoms with Crippen LogP contribution in [0.1, 0.15) is 36.6 Å². The van der Waals surface area contributed by atoms with Crippen LogP contribution in [0.25, 0.3) is 0 Å². The lowest BCUT2D eigenvalue weighted by Gasteiger charge is -2.22. The van der Waals surface area contributed by atoms with Crippen molar-refractivity contribution in [1.82, 2.24) is 4.98 Å². The fourth-order valence-electron chi connectivity index (χ4n) is 3.53. The first-order valence-electron chi connectivity index (χ1n) is 9.43. The van der Waals surface area contributed by atoms with E-state index in [-0.39, 0.29) is 36.4 Å². The van der Waals surface area contributed by atoms with E-state index in [1.807, 2.05) is 19.9 Å². The van der Waals surface area contributed by atoms with E-state index in [9.17, 15) is 18.0 Å². The van der Waals surface area contributed by atoms with Gasteiger partial charge in [-0.15, -0.1) is 11.3 Å². The summed E-state index contributed by atoms with van der Waals surface area (Å²) in [6.45, 7) is 5.20. The first-order valence-corrected chi connectivity index (χ1v) is 12.5. The van der Waals surface area contributed by atoms with Gasteiger partial charge in [0.05, 0.1) is 27.9 Å². The Kier molecular flexibility index (Phi) is 6.84. The number of aryl methyl sites for hydroxylation is 2. The topological polar surface area (TPSA) is 93.6 Å². The van der Waals surface area contributed by atoms with Crippen molar-refractivity contribution in [1.29, 1.82) is 0 Å². The lowest BCUT2D eigenvalue weighted by Crippen LogP contribution is -2.24. The van der Waals surface area contributed by atoms with Crippen LogP contribution in [-0.2, 0) is 30.8 Å². The molecule has 3 rings (SSSR count). The molecule has 1 aromatic heterocycles. The molecule has 0 aliphatic carbocycles. The molecule has 1 aliphatic rings. The third-order valence-electron chi connectivity index (χ3n) is 4.83. The summed E-state index contributed by atoms with van der Waals surface area (Å²) in [7, 11) is -3.03. The monoisotopic (exact) mass is 470 g/mol. The normalized spacial score (nSPS) is 17.7. The third kappa shape index (κ3) is 5.39. The largest absolute Gasteiger partial charge is 0.459 e. The van der Waals surface area contributed by atoms with Gasteiger partial charge in [0.1, 0.15) is 6.61 Å². The Hall–Kier alpha value is -1.97. The standard InChI is InChI=1S/C20H23ClN2O5S2/c1-12-6-13(2)19(17(21)7-12)23(14(3)24)20-22-16(10-29-20)9-28-18(25)8-15-4-5-30(26,27)11-15/h6-7,10,15H,4-5,8-9,11H2,1-3H3/t15-/m0/s1. The number of sulfone groups is 1. The second-order valence-corrected chi connectivity index (χ2v) is 11.0. The van der Waals surface area contributed by atoms with Crippen molar-refractivity contribution in [3.05, 3.63) is 39.4 Å². The van der Waals surface area contributed by atoms with Crippen molar-refractivity contribution in [2.24, 2.45) is 5.92 Å². The number of anilines is 2. The molecule has 0 saturated carbocycles. The molecule has 1 amide bonds. The number of halogens is 1. The van der Waals surface area contributed by atoms with Crippen molar-refractivity contribution in [2.75, 3.05) is 16.4 Å². The minimum atomic E-state index is -3.03. The van der Waals surface area contributed by atoms with Crippen LogP contribution >= 0.6 is 22.9 Å². The molecule has 1 saturated heterocycles. The average molecular weight is 471 g/mol. The van der Waals surface area contributed by atoms with Gasteiger partial charge in [0.15, 0.2) is 15.0 Å². The number of hydrogen-bond donors (Lipinski definition) is 0. The maximum atomic E-state index is 12.4. The number of thiazole rings is 1. The Morgan fingerprint density at radius 2 is 2.07 bits per heavy atom. The van der Waals surface area contributed by atoms with Crippen LogP contribution in [0.3, 0.4) is 0 Å². The summed E-state index contributed by atoms with van der Waals surface area (Å²) in [5.41, 5.74) is 2.93. The molecule has 7 nitrogen and oxygen atoms in total. The number of carbonyl (C=O) groups excluding carboxylic acids is 2. The fourth-order valence-corrected chi connectivity index (χ4v) is 6.65. The van der Waals surface area contributed by atoms with Gasteiger partial charge in [0.25, 0.3) is 0 Å². The second-order valence-electron chi connectivity index (χ2n) is 7.52. The predicted molar refractivity (Wildman–Crippen MR) is 117 cm³/mol. The van der Waals surface area contributed by atoms with E-state index in [0.29, 0.717) is 28.0 Å². The van der Waals surface area contributed by atoms with Crippen LogP contribution in [0.15, 0.2) is 17.5 Å². The Morgan fingerprint density at radius 1 is 1.33 bits per heavy atom. The minimum absolute atomic E-state index is 0.0349. The molecule has 2 aromatic rings. The maximum absolute atomic E-state index is 12.4. The number of amides is 1. The van der Waals surface area contributed by atoms with E-state index in [1.165, 1.54) is 23.2 Å². The number of rotatable bonds is 6. The van der Waals surface area contributed by atoms with Crippen LogP contribution in [-0.4, -0.2) is 36.8 Å². The van der Waals surface area contributed by atoms with E-state index >= 15 is 0 Å².